The summed E-state index contributed by atoms with van der Waals surface area (Å²) < 4.78 is 5.77. The van der Waals surface area contributed by atoms with Gasteiger partial charge in [-0.3, -0.25) is 0 Å². The van der Waals surface area contributed by atoms with Crippen LogP contribution in [0.1, 0.15) is 25.3 Å². The summed E-state index contributed by atoms with van der Waals surface area (Å²) >= 11 is 0. The van der Waals surface area contributed by atoms with Gasteiger partial charge in [-0.1, -0.05) is 43.6 Å². The van der Waals surface area contributed by atoms with E-state index in [-0.39, 0.29) is 0 Å². The molecule has 0 aliphatic heterocycles. The van der Waals surface area contributed by atoms with Gasteiger partial charge >= 0.3 is 0 Å². The van der Waals surface area contributed by atoms with Crippen LogP contribution >= 0.6 is 0 Å². The molecule has 0 atom stereocenters. The molecule has 84 valence electrons. The molecular formula is C15H15BO. The van der Waals surface area contributed by atoms with E-state index in [4.69, 9.17) is 12.6 Å². The molecular weight excluding hydrogens is 207 g/mol. The zero-order valence-corrected chi connectivity index (χ0v) is 10.2. The molecule has 2 aromatic carbocycles. The van der Waals surface area contributed by atoms with Gasteiger partial charge in [0.1, 0.15) is 19.3 Å². The fourth-order valence-electron chi connectivity index (χ4n) is 1.61. The maximum Gasteiger partial charge on any atom is 0.127 e. The van der Waals surface area contributed by atoms with Crippen LogP contribution in [-0.4, -0.2) is 7.85 Å². The van der Waals surface area contributed by atoms with Crippen molar-refractivity contribution in [3.63, 3.8) is 0 Å². The topological polar surface area (TPSA) is 9.23 Å². The molecule has 2 heteroatoms. The molecule has 1 nitrogen and oxygen atoms in total. The maximum atomic E-state index is 5.77. The standard InChI is InChI=1S/C15H15BO/c1-11(2)12-4-3-5-15(10-12)17-14-8-6-13(16)7-9-14/h3-11H,1-2H3. The van der Waals surface area contributed by atoms with Crippen molar-refractivity contribution in [3.8, 4) is 11.5 Å². The van der Waals surface area contributed by atoms with E-state index in [1.165, 1.54) is 5.56 Å². The first-order chi connectivity index (χ1) is 8.15. The quantitative estimate of drug-likeness (QED) is 0.723. The highest BCUT2D eigenvalue weighted by Gasteiger charge is 2.01. The van der Waals surface area contributed by atoms with Crippen LogP contribution in [0.25, 0.3) is 0 Å². The van der Waals surface area contributed by atoms with Crippen molar-refractivity contribution in [2.75, 3.05) is 0 Å². The molecule has 0 heterocycles. The van der Waals surface area contributed by atoms with Crippen molar-refractivity contribution in [2.45, 2.75) is 19.8 Å². The monoisotopic (exact) mass is 222 g/mol. The molecule has 0 aromatic heterocycles. The number of hydrogen-bond acceptors (Lipinski definition) is 1. The van der Waals surface area contributed by atoms with Crippen molar-refractivity contribution in [1.82, 2.24) is 0 Å². The zero-order chi connectivity index (χ0) is 12.3. The van der Waals surface area contributed by atoms with Crippen molar-refractivity contribution in [3.05, 3.63) is 54.1 Å². The van der Waals surface area contributed by atoms with Crippen LogP contribution in [0, 0.1) is 0 Å². The van der Waals surface area contributed by atoms with E-state index in [1.54, 1.807) is 0 Å². The van der Waals surface area contributed by atoms with Gasteiger partial charge in [-0.2, -0.15) is 0 Å². The van der Waals surface area contributed by atoms with Crippen LogP contribution in [0.5, 0.6) is 11.5 Å². The molecule has 0 amide bonds. The molecule has 0 spiro atoms. The molecule has 0 N–H and O–H groups in total. The average Bonchev–Trinajstić information content (AvgIpc) is 2.32. The second kappa shape index (κ2) is 5.09. The van der Waals surface area contributed by atoms with Crippen LogP contribution in [0.2, 0.25) is 0 Å². The molecule has 0 saturated heterocycles. The van der Waals surface area contributed by atoms with Crippen molar-refractivity contribution >= 4 is 13.3 Å². The molecule has 0 fully saturated rings. The van der Waals surface area contributed by atoms with Crippen LogP contribution in [0.4, 0.5) is 0 Å². The molecule has 0 unspecified atom stereocenters. The van der Waals surface area contributed by atoms with E-state index in [0.717, 1.165) is 17.0 Å². The third-order valence-corrected chi connectivity index (χ3v) is 2.64. The maximum absolute atomic E-state index is 5.77. The Morgan fingerprint density at radius 3 is 2.29 bits per heavy atom. The number of rotatable bonds is 3. The van der Waals surface area contributed by atoms with Gasteiger partial charge in [0, 0.05) is 0 Å². The summed E-state index contributed by atoms with van der Waals surface area (Å²) in [6.45, 7) is 4.34. The van der Waals surface area contributed by atoms with E-state index >= 15 is 0 Å². The van der Waals surface area contributed by atoms with Crippen LogP contribution in [0.3, 0.4) is 0 Å². The minimum atomic E-state index is 0.505. The molecule has 2 aromatic rings. The number of hydrogen-bond donors (Lipinski definition) is 0. The van der Waals surface area contributed by atoms with Gasteiger partial charge in [0.05, 0.1) is 0 Å². The second-order valence-corrected chi connectivity index (χ2v) is 4.40. The third-order valence-electron chi connectivity index (χ3n) is 2.64. The van der Waals surface area contributed by atoms with Crippen molar-refractivity contribution in [1.29, 1.82) is 0 Å². The van der Waals surface area contributed by atoms with Gasteiger partial charge in [0.2, 0.25) is 0 Å². The van der Waals surface area contributed by atoms with Crippen LogP contribution < -0.4 is 10.2 Å². The molecule has 2 rings (SSSR count). The van der Waals surface area contributed by atoms with Gasteiger partial charge < -0.3 is 4.74 Å². The largest absolute Gasteiger partial charge is 0.457 e. The summed E-state index contributed by atoms with van der Waals surface area (Å²) in [6, 6.07) is 15.6. The van der Waals surface area contributed by atoms with E-state index in [0.29, 0.717) is 5.92 Å². The fraction of sp³-hybridized carbons (Fsp3) is 0.200. The van der Waals surface area contributed by atoms with Gasteiger partial charge in [0.15, 0.2) is 0 Å². The Bertz CT molecular complexity index is 489. The first kappa shape index (κ1) is 11.8. The van der Waals surface area contributed by atoms with E-state index in [1.807, 2.05) is 36.4 Å². The second-order valence-electron chi connectivity index (χ2n) is 4.40. The normalized spacial score (nSPS) is 10.5. The van der Waals surface area contributed by atoms with Gasteiger partial charge in [0.25, 0.3) is 0 Å². The summed E-state index contributed by atoms with van der Waals surface area (Å²) in [5, 5.41) is 0. The summed E-state index contributed by atoms with van der Waals surface area (Å²) in [7, 11) is 5.63. The predicted octanol–water partition coefficient (Wildman–Crippen LogP) is 3.40. The minimum Gasteiger partial charge on any atom is -0.457 e. The van der Waals surface area contributed by atoms with Crippen molar-refractivity contribution in [2.24, 2.45) is 0 Å². The fourth-order valence-corrected chi connectivity index (χ4v) is 1.61. The lowest BCUT2D eigenvalue weighted by Crippen LogP contribution is -1.99. The van der Waals surface area contributed by atoms with Crippen molar-refractivity contribution < 1.29 is 4.74 Å². The highest BCUT2D eigenvalue weighted by Crippen LogP contribution is 2.24. The Morgan fingerprint density at radius 2 is 1.65 bits per heavy atom. The van der Waals surface area contributed by atoms with Gasteiger partial charge in [-0.15, -0.1) is 0 Å². The highest BCUT2D eigenvalue weighted by molar-refractivity contribution is 6.32. The molecule has 0 saturated carbocycles. The number of benzene rings is 2. The van der Waals surface area contributed by atoms with E-state index in [2.05, 4.69) is 26.0 Å². The zero-order valence-electron chi connectivity index (χ0n) is 10.2. The predicted molar refractivity (Wildman–Crippen MR) is 72.4 cm³/mol. The first-order valence-electron chi connectivity index (χ1n) is 5.78. The third kappa shape index (κ3) is 3.13. The van der Waals surface area contributed by atoms with E-state index < -0.39 is 0 Å². The lowest BCUT2D eigenvalue weighted by Gasteiger charge is -2.09. The molecule has 17 heavy (non-hydrogen) atoms. The summed E-state index contributed by atoms with van der Waals surface area (Å²) in [4.78, 5) is 0. The molecule has 2 radical (unpaired) electrons. The Labute approximate surface area is 104 Å². The summed E-state index contributed by atoms with van der Waals surface area (Å²) in [5.41, 5.74) is 2.02. The molecule has 0 aliphatic carbocycles. The average molecular weight is 222 g/mol. The van der Waals surface area contributed by atoms with E-state index in [9.17, 15) is 0 Å². The van der Waals surface area contributed by atoms with Gasteiger partial charge in [-0.05, 0) is 35.7 Å². The molecule has 0 bridgehead atoms. The first-order valence-corrected chi connectivity index (χ1v) is 5.78. The van der Waals surface area contributed by atoms with Crippen LogP contribution in [-0.2, 0) is 0 Å². The Kier molecular flexibility index (Phi) is 3.53. The summed E-state index contributed by atoms with van der Waals surface area (Å²) in [6.07, 6.45) is 0. The SMILES string of the molecule is [B]c1ccc(Oc2cccc(C(C)C)c2)cc1. The van der Waals surface area contributed by atoms with Gasteiger partial charge in [-0.25, -0.2) is 0 Å². The Hall–Kier alpha value is -1.70. The smallest absolute Gasteiger partial charge is 0.127 e. The summed E-state index contributed by atoms with van der Waals surface area (Å²) in [5.74, 6) is 2.17. The molecule has 0 aliphatic rings. The lowest BCUT2D eigenvalue weighted by atomic mass is 9.97. The Balaban J connectivity index is 2.18. The number of ether oxygens (including phenoxy) is 1. The Morgan fingerprint density at radius 1 is 0.941 bits per heavy atom. The minimum absolute atomic E-state index is 0.505. The van der Waals surface area contributed by atoms with Crippen LogP contribution in [0.15, 0.2) is 48.5 Å². The highest BCUT2D eigenvalue weighted by atomic mass is 16.5. The lowest BCUT2D eigenvalue weighted by molar-refractivity contribution is 0.481.